The van der Waals surface area contributed by atoms with Gasteiger partial charge in [-0.2, -0.15) is 0 Å². The van der Waals surface area contributed by atoms with Gasteiger partial charge in [0, 0.05) is 12.1 Å². The second-order valence-electron chi connectivity index (χ2n) is 5.39. The number of amides is 1. The fraction of sp³-hybridized carbons (Fsp3) is 0.167. The Labute approximate surface area is 151 Å². The van der Waals surface area contributed by atoms with Gasteiger partial charge in [-0.3, -0.25) is 4.79 Å². The van der Waals surface area contributed by atoms with Crippen LogP contribution in [0.25, 0.3) is 6.08 Å². The minimum Gasteiger partial charge on any atom is -0.497 e. The third-order valence-corrected chi connectivity index (χ3v) is 4.92. The third kappa shape index (κ3) is 4.15. The molecule has 0 fully saturated rings. The summed E-state index contributed by atoms with van der Waals surface area (Å²) < 4.78 is 42.4. The van der Waals surface area contributed by atoms with Crippen molar-refractivity contribution in [2.75, 3.05) is 20.3 Å². The summed E-state index contributed by atoms with van der Waals surface area (Å²) in [5.41, 5.74) is 0.683. The molecule has 1 aliphatic heterocycles. The Morgan fingerprint density at radius 1 is 1.12 bits per heavy atom. The van der Waals surface area contributed by atoms with Crippen molar-refractivity contribution in [3.63, 3.8) is 0 Å². The molecule has 0 atom stereocenters. The van der Waals surface area contributed by atoms with Crippen LogP contribution in [-0.4, -0.2) is 34.6 Å². The van der Waals surface area contributed by atoms with E-state index in [9.17, 15) is 13.2 Å². The Bertz CT molecular complexity index is 952. The van der Waals surface area contributed by atoms with Gasteiger partial charge in [-0.15, -0.1) is 0 Å². The first kappa shape index (κ1) is 17.8. The highest BCUT2D eigenvalue weighted by molar-refractivity contribution is 7.90. The van der Waals surface area contributed by atoms with Gasteiger partial charge in [-0.25, -0.2) is 13.1 Å². The fourth-order valence-electron chi connectivity index (χ4n) is 2.33. The zero-order valence-electron chi connectivity index (χ0n) is 14.0. The number of sulfonamides is 1. The van der Waals surface area contributed by atoms with Crippen LogP contribution in [0.3, 0.4) is 0 Å². The van der Waals surface area contributed by atoms with E-state index < -0.39 is 15.9 Å². The van der Waals surface area contributed by atoms with Crippen LogP contribution in [0.4, 0.5) is 0 Å². The number of hydrogen-bond donors (Lipinski definition) is 1. The summed E-state index contributed by atoms with van der Waals surface area (Å²) in [5.74, 6) is 0.844. The summed E-state index contributed by atoms with van der Waals surface area (Å²) in [5, 5.41) is 0. The number of methoxy groups -OCH3 is 1. The van der Waals surface area contributed by atoms with Crippen molar-refractivity contribution < 1.29 is 27.4 Å². The third-order valence-electron chi connectivity index (χ3n) is 3.58. The van der Waals surface area contributed by atoms with E-state index in [-0.39, 0.29) is 4.90 Å². The summed E-state index contributed by atoms with van der Waals surface area (Å²) in [6, 6.07) is 11.1. The Balaban J connectivity index is 1.70. The fourth-order valence-corrected chi connectivity index (χ4v) is 3.31. The highest BCUT2D eigenvalue weighted by atomic mass is 32.2. The molecule has 0 aromatic heterocycles. The lowest BCUT2D eigenvalue weighted by Crippen LogP contribution is -2.28. The van der Waals surface area contributed by atoms with Crippen LogP contribution >= 0.6 is 0 Å². The average Bonchev–Trinajstić information content (AvgIpc) is 2.66. The summed E-state index contributed by atoms with van der Waals surface area (Å²) in [7, 11) is -2.56. The van der Waals surface area contributed by atoms with Gasteiger partial charge in [-0.1, -0.05) is 12.1 Å². The predicted molar refractivity (Wildman–Crippen MR) is 94.8 cm³/mol. The quantitative estimate of drug-likeness (QED) is 0.804. The molecule has 0 bridgehead atoms. The lowest BCUT2D eigenvalue weighted by atomic mass is 10.2. The first-order valence-corrected chi connectivity index (χ1v) is 9.25. The maximum atomic E-state index is 12.3. The lowest BCUT2D eigenvalue weighted by Gasteiger charge is -2.18. The molecule has 2 aromatic carbocycles. The van der Waals surface area contributed by atoms with Crippen molar-refractivity contribution in [1.82, 2.24) is 4.72 Å². The summed E-state index contributed by atoms with van der Waals surface area (Å²) in [4.78, 5) is 11.9. The molecule has 3 rings (SSSR count). The average molecular weight is 375 g/mol. The Morgan fingerprint density at radius 3 is 2.65 bits per heavy atom. The van der Waals surface area contributed by atoms with E-state index in [2.05, 4.69) is 0 Å². The van der Waals surface area contributed by atoms with Crippen molar-refractivity contribution in [3.05, 3.63) is 54.1 Å². The van der Waals surface area contributed by atoms with E-state index in [4.69, 9.17) is 14.2 Å². The minimum absolute atomic E-state index is 0.0575. The topological polar surface area (TPSA) is 90.9 Å². The van der Waals surface area contributed by atoms with E-state index >= 15 is 0 Å². The molecule has 1 amide bonds. The molecule has 0 unspecified atom stereocenters. The SMILES string of the molecule is COc1cccc(S(=O)(=O)NC(=O)/C=C/c2ccc3c(c2)OCCO3)c1. The second kappa shape index (κ2) is 7.49. The smallest absolute Gasteiger partial charge is 0.264 e. The molecule has 0 saturated carbocycles. The minimum atomic E-state index is -3.99. The molecular formula is C18H17NO6S. The molecule has 0 spiro atoms. The number of benzene rings is 2. The van der Waals surface area contributed by atoms with Gasteiger partial charge < -0.3 is 14.2 Å². The van der Waals surface area contributed by atoms with Gasteiger partial charge in [0.2, 0.25) is 0 Å². The van der Waals surface area contributed by atoms with E-state index in [1.54, 1.807) is 24.3 Å². The van der Waals surface area contributed by atoms with Crippen LogP contribution in [0.1, 0.15) is 5.56 Å². The Hall–Kier alpha value is -3.00. The number of rotatable bonds is 5. The zero-order chi connectivity index (χ0) is 18.6. The standard InChI is InChI=1S/C18H17NO6S/c1-23-14-3-2-4-15(12-14)26(21,22)19-18(20)8-6-13-5-7-16-17(11-13)25-10-9-24-16/h2-8,11-12H,9-10H2,1H3,(H,19,20)/b8-6+. The van der Waals surface area contributed by atoms with Crippen molar-refractivity contribution in [1.29, 1.82) is 0 Å². The number of ether oxygens (including phenoxy) is 3. The highest BCUT2D eigenvalue weighted by Gasteiger charge is 2.17. The number of carbonyl (C=O) groups is 1. The van der Waals surface area contributed by atoms with Crippen LogP contribution in [0, 0.1) is 0 Å². The van der Waals surface area contributed by atoms with Crippen LogP contribution < -0.4 is 18.9 Å². The van der Waals surface area contributed by atoms with Crippen molar-refractivity contribution in [2.45, 2.75) is 4.90 Å². The predicted octanol–water partition coefficient (Wildman–Crippen LogP) is 1.98. The first-order chi connectivity index (χ1) is 12.5. The molecule has 0 radical (unpaired) electrons. The molecule has 1 N–H and O–H groups in total. The lowest BCUT2D eigenvalue weighted by molar-refractivity contribution is -0.114. The van der Waals surface area contributed by atoms with Crippen LogP contribution in [0.5, 0.6) is 17.2 Å². The van der Waals surface area contributed by atoms with Crippen LogP contribution in [-0.2, 0) is 14.8 Å². The first-order valence-electron chi connectivity index (χ1n) is 7.76. The Kier molecular flexibility index (Phi) is 5.13. The van der Waals surface area contributed by atoms with Gasteiger partial charge >= 0.3 is 0 Å². The molecule has 7 nitrogen and oxygen atoms in total. The number of hydrogen-bond acceptors (Lipinski definition) is 6. The maximum absolute atomic E-state index is 12.3. The van der Waals surface area contributed by atoms with Gasteiger partial charge in [0.05, 0.1) is 12.0 Å². The second-order valence-corrected chi connectivity index (χ2v) is 7.07. The molecule has 26 heavy (non-hydrogen) atoms. The van der Waals surface area contributed by atoms with E-state index in [1.165, 1.54) is 31.4 Å². The van der Waals surface area contributed by atoms with Gasteiger partial charge in [0.1, 0.15) is 19.0 Å². The summed E-state index contributed by atoms with van der Waals surface area (Å²) >= 11 is 0. The maximum Gasteiger partial charge on any atom is 0.264 e. The highest BCUT2D eigenvalue weighted by Crippen LogP contribution is 2.31. The van der Waals surface area contributed by atoms with E-state index in [1.807, 2.05) is 4.72 Å². The number of fused-ring (bicyclic) bond motifs is 1. The van der Waals surface area contributed by atoms with Crippen molar-refractivity contribution >= 4 is 22.0 Å². The van der Waals surface area contributed by atoms with Crippen molar-refractivity contribution in [3.8, 4) is 17.2 Å². The molecule has 0 saturated heterocycles. The van der Waals surface area contributed by atoms with Crippen LogP contribution in [0.15, 0.2) is 53.4 Å². The zero-order valence-corrected chi connectivity index (χ0v) is 14.8. The monoisotopic (exact) mass is 375 g/mol. The van der Waals surface area contributed by atoms with Crippen LogP contribution in [0.2, 0.25) is 0 Å². The molecule has 1 heterocycles. The van der Waals surface area contributed by atoms with E-state index in [0.29, 0.717) is 36.0 Å². The van der Waals surface area contributed by atoms with E-state index in [0.717, 1.165) is 6.08 Å². The molecule has 1 aliphatic rings. The molecule has 0 aliphatic carbocycles. The Morgan fingerprint density at radius 2 is 1.88 bits per heavy atom. The molecule has 136 valence electrons. The van der Waals surface area contributed by atoms with Gasteiger partial charge in [0.15, 0.2) is 11.5 Å². The largest absolute Gasteiger partial charge is 0.497 e. The molecule has 2 aromatic rings. The molecular weight excluding hydrogens is 358 g/mol. The van der Waals surface area contributed by atoms with Gasteiger partial charge in [0.25, 0.3) is 15.9 Å². The number of carbonyl (C=O) groups excluding carboxylic acids is 1. The number of nitrogens with one attached hydrogen (secondary N) is 1. The normalized spacial score (nSPS) is 13.4. The van der Waals surface area contributed by atoms with Crippen molar-refractivity contribution in [2.24, 2.45) is 0 Å². The summed E-state index contributed by atoms with van der Waals surface area (Å²) in [6.07, 6.45) is 2.64. The summed E-state index contributed by atoms with van der Waals surface area (Å²) in [6.45, 7) is 0.951. The van der Waals surface area contributed by atoms with Gasteiger partial charge in [-0.05, 0) is 35.9 Å². The molecule has 8 heteroatoms.